The number of hydrogen-bond acceptors (Lipinski definition) is 4. The summed E-state index contributed by atoms with van der Waals surface area (Å²) in [4.78, 5) is 24.5. The van der Waals surface area contributed by atoms with Crippen LogP contribution in [0.5, 0.6) is 0 Å². The number of esters is 1. The molecule has 4 nitrogen and oxygen atoms in total. The lowest BCUT2D eigenvalue weighted by Crippen LogP contribution is -2.49. The van der Waals surface area contributed by atoms with Crippen LogP contribution in [0.1, 0.15) is 40.0 Å². The van der Waals surface area contributed by atoms with Crippen molar-refractivity contribution in [2.24, 2.45) is 17.3 Å². The standard InChI is InChI=1S/C16H24O4/c1-15(2,20-5)12-6-7-16(3)8-10(12)13(17)11(9-16)14(18)19-4/h9-10,12H,6-8H2,1-5H3/t10-,12+,16-/m0/s1. The lowest BCUT2D eigenvalue weighted by molar-refractivity contribution is -0.143. The average Bonchev–Trinajstić information content (AvgIpc) is 2.42. The Morgan fingerprint density at radius 1 is 1.40 bits per heavy atom. The number of carbonyl (C=O) groups is 2. The highest BCUT2D eigenvalue weighted by Gasteiger charge is 2.50. The molecule has 0 N–H and O–H groups in total. The molecular formula is C16H24O4. The van der Waals surface area contributed by atoms with Crippen LogP contribution < -0.4 is 0 Å². The van der Waals surface area contributed by atoms with Gasteiger partial charge in [-0.1, -0.05) is 13.0 Å². The molecule has 0 aromatic carbocycles. The van der Waals surface area contributed by atoms with Gasteiger partial charge < -0.3 is 9.47 Å². The second-order valence-corrected chi connectivity index (χ2v) is 6.83. The Labute approximate surface area is 120 Å². The zero-order valence-corrected chi connectivity index (χ0v) is 13.0. The lowest BCUT2D eigenvalue weighted by Gasteiger charge is -2.48. The van der Waals surface area contributed by atoms with E-state index in [1.807, 2.05) is 19.9 Å². The summed E-state index contributed by atoms with van der Waals surface area (Å²) in [6, 6.07) is 0. The molecule has 3 atom stereocenters. The predicted octanol–water partition coefficient (Wildman–Crippen LogP) is 2.52. The third kappa shape index (κ3) is 2.41. The van der Waals surface area contributed by atoms with Crippen molar-refractivity contribution in [2.45, 2.75) is 45.6 Å². The van der Waals surface area contributed by atoms with Crippen molar-refractivity contribution in [3.63, 3.8) is 0 Å². The Kier molecular flexibility index (Phi) is 3.80. The normalized spacial score (nSPS) is 33.6. The van der Waals surface area contributed by atoms with E-state index in [1.165, 1.54) is 7.11 Å². The maximum Gasteiger partial charge on any atom is 0.341 e. The SMILES string of the molecule is COC(=O)C1=C[C@@]2(C)CC[C@@H](C(C)(C)OC)[C@H](C2)C1=O. The molecule has 1 fully saturated rings. The number of ketones is 1. The zero-order chi connectivity index (χ0) is 15.1. The van der Waals surface area contributed by atoms with Gasteiger partial charge in [0.25, 0.3) is 0 Å². The molecule has 0 saturated heterocycles. The molecule has 0 radical (unpaired) electrons. The fourth-order valence-electron chi connectivity index (χ4n) is 3.71. The maximum absolute atomic E-state index is 12.6. The minimum atomic E-state index is -0.512. The molecular weight excluding hydrogens is 256 g/mol. The Balaban J connectivity index is 2.39. The molecule has 112 valence electrons. The topological polar surface area (TPSA) is 52.6 Å². The summed E-state index contributed by atoms with van der Waals surface area (Å²) in [7, 11) is 3.00. The van der Waals surface area contributed by atoms with Gasteiger partial charge in [-0.25, -0.2) is 4.79 Å². The molecule has 0 unspecified atom stereocenters. The van der Waals surface area contributed by atoms with Gasteiger partial charge in [-0.15, -0.1) is 0 Å². The molecule has 0 aliphatic heterocycles. The van der Waals surface area contributed by atoms with Crippen molar-refractivity contribution in [3.05, 3.63) is 11.6 Å². The third-order valence-electron chi connectivity index (χ3n) is 5.12. The molecule has 2 bridgehead atoms. The van der Waals surface area contributed by atoms with Crippen LogP contribution in [0.2, 0.25) is 0 Å². The van der Waals surface area contributed by atoms with E-state index in [2.05, 4.69) is 6.92 Å². The van der Waals surface area contributed by atoms with E-state index in [0.717, 1.165) is 19.3 Å². The number of ether oxygens (including phenoxy) is 2. The van der Waals surface area contributed by atoms with E-state index in [1.54, 1.807) is 7.11 Å². The summed E-state index contributed by atoms with van der Waals surface area (Å²) >= 11 is 0. The first-order valence-electron chi connectivity index (χ1n) is 7.14. The summed E-state index contributed by atoms with van der Waals surface area (Å²) in [6.45, 7) is 6.15. The molecule has 0 spiro atoms. The number of allylic oxidation sites excluding steroid dienone is 1. The van der Waals surface area contributed by atoms with Crippen LogP contribution in [0, 0.1) is 17.3 Å². The molecule has 20 heavy (non-hydrogen) atoms. The van der Waals surface area contributed by atoms with Crippen LogP contribution in [0.4, 0.5) is 0 Å². The van der Waals surface area contributed by atoms with Gasteiger partial charge in [-0.2, -0.15) is 0 Å². The fraction of sp³-hybridized carbons (Fsp3) is 0.750. The number of fused-ring (bicyclic) bond motifs is 2. The van der Waals surface area contributed by atoms with Crippen LogP contribution >= 0.6 is 0 Å². The Bertz CT molecular complexity index is 463. The smallest absolute Gasteiger partial charge is 0.341 e. The molecule has 0 amide bonds. The van der Waals surface area contributed by atoms with Crippen LogP contribution in [-0.4, -0.2) is 31.6 Å². The van der Waals surface area contributed by atoms with Crippen LogP contribution in [0.15, 0.2) is 11.6 Å². The molecule has 0 aromatic heterocycles. The maximum atomic E-state index is 12.6. The minimum absolute atomic E-state index is 0.0795. The van der Waals surface area contributed by atoms with Gasteiger partial charge in [0.15, 0.2) is 5.78 Å². The second-order valence-electron chi connectivity index (χ2n) is 6.83. The van der Waals surface area contributed by atoms with Crippen molar-refractivity contribution in [3.8, 4) is 0 Å². The van der Waals surface area contributed by atoms with Crippen LogP contribution in [-0.2, 0) is 19.1 Å². The molecule has 2 aliphatic rings. The minimum Gasteiger partial charge on any atom is -0.465 e. The molecule has 0 heterocycles. The summed E-state index contributed by atoms with van der Waals surface area (Å²) < 4.78 is 10.3. The van der Waals surface area contributed by atoms with Crippen LogP contribution in [0.25, 0.3) is 0 Å². The molecule has 2 rings (SSSR count). The molecule has 4 heteroatoms. The highest BCUT2D eigenvalue weighted by atomic mass is 16.5. The monoisotopic (exact) mass is 280 g/mol. The highest BCUT2D eigenvalue weighted by Crippen LogP contribution is 2.51. The Morgan fingerprint density at radius 2 is 2.05 bits per heavy atom. The van der Waals surface area contributed by atoms with E-state index < -0.39 is 5.97 Å². The van der Waals surface area contributed by atoms with E-state index in [-0.39, 0.29) is 34.2 Å². The number of hydrogen-bond donors (Lipinski definition) is 0. The van der Waals surface area contributed by atoms with Gasteiger partial charge in [0.2, 0.25) is 0 Å². The first kappa shape index (κ1) is 15.2. The first-order chi connectivity index (χ1) is 9.24. The fourth-order valence-corrected chi connectivity index (χ4v) is 3.71. The quantitative estimate of drug-likeness (QED) is 0.589. The average molecular weight is 280 g/mol. The molecule has 1 saturated carbocycles. The lowest BCUT2D eigenvalue weighted by atomic mass is 9.57. The number of rotatable bonds is 3. The summed E-state index contributed by atoms with van der Waals surface area (Å²) in [5.74, 6) is -0.602. The highest BCUT2D eigenvalue weighted by molar-refractivity contribution is 6.18. The summed E-state index contributed by atoms with van der Waals surface area (Å²) in [5.41, 5.74) is -0.217. The van der Waals surface area contributed by atoms with E-state index in [9.17, 15) is 9.59 Å². The van der Waals surface area contributed by atoms with Crippen molar-refractivity contribution >= 4 is 11.8 Å². The van der Waals surface area contributed by atoms with Gasteiger partial charge in [0.05, 0.1) is 18.3 Å². The number of carbonyl (C=O) groups excluding carboxylic acids is 2. The van der Waals surface area contributed by atoms with Crippen molar-refractivity contribution in [1.29, 1.82) is 0 Å². The number of methoxy groups -OCH3 is 2. The summed E-state index contributed by atoms with van der Waals surface area (Å²) in [5, 5.41) is 0. The van der Waals surface area contributed by atoms with Crippen molar-refractivity contribution < 1.29 is 19.1 Å². The van der Waals surface area contributed by atoms with Gasteiger partial charge in [-0.3, -0.25) is 4.79 Å². The second kappa shape index (κ2) is 4.99. The Hall–Kier alpha value is -1.16. The van der Waals surface area contributed by atoms with Crippen molar-refractivity contribution in [2.75, 3.05) is 14.2 Å². The van der Waals surface area contributed by atoms with Crippen LogP contribution in [0.3, 0.4) is 0 Å². The van der Waals surface area contributed by atoms with E-state index in [4.69, 9.17) is 9.47 Å². The zero-order valence-electron chi connectivity index (χ0n) is 13.0. The van der Waals surface area contributed by atoms with E-state index in [0.29, 0.717) is 0 Å². The van der Waals surface area contributed by atoms with Gasteiger partial charge in [0, 0.05) is 13.0 Å². The first-order valence-corrected chi connectivity index (χ1v) is 7.14. The molecule has 0 aromatic rings. The molecule has 2 aliphatic carbocycles. The Morgan fingerprint density at radius 3 is 2.60 bits per heavy atom. The largest absolute Gasteiger partial charge is 0.465 e. The predicted molar refractivity (Wildman–Crippen MR) is 75.1 cm³/mol. The third-order valence-corrected chi connectivity index (χ3v) is 5.12. The number of Topliss-reactive ketones (excluding diaryl/α,β-unsaturated/α-hetero) is 1. The van der Waals surface area contributed by atoms with E-state index >= 15 is 0 Å². The van der Waals surface area contributed by atoms with Gasteiger partial charge >= 0.3 is 5.97 Å². The van der Waals surface area contributed by atoms with Gasteiger partial charge in [0.1, 0.15) is 0 Å². The summed E-state index contributed by atoms with van der Waals surface area (Å²) in [6.07, 6.45) is 4.53. The van der Waals surface area contributed by atoms with Gasteiger partial charge in [-0.05, 0) is 44.4 Å². The van der Waals surface area contributed by atoms with Crippen molar-refractivity contribution in [1.82, 2.24) is 0 Å².